The molecule has 1 amide bonds. The van der Waals surface area contributed by atoms with Crippen molar-refractivity contribution in [2.45, 2.75) is 31.4 Å². The number of aliphatic hydroxyl groups is 1. The molecule has 1 aliphatic heterocycles. The quantitative estimate of drug-likeness (QED) is 0.409. The van der Waals surface area contributed by atoms with Crippen LogP contribution in [0.3, 0.4) is 0 Å². The molecule has 0 radical (unpaired) electrons. The molecule has 2 atom stereocenters. The van der Waals surface area contributed by atoms with Crippen molar-refractivity contribution in [2.24, 2.45) is 4.99 Å². The van der Waals surface area contributed by atoms with E-state index >= 15 is 0 Å². The zero-order valence-corrected chi connectivity index (χ0v) is 20.0. The van der Waals surface area contributed by atoms with E-state index in [0.29, 0.717) is 23.6 Å². The summed E-state index contributed by atoms with van der Waals surface area (Å²) in [6, 6.07) is 14.4. The summed E-state index contributed by atoms with van der Waals surface area (Å²) in [5.41, 5.74) is 6.34. The summed E-state index contributed by atoms with van der Waals surface area (Å²) >= 11 is 6.08. The molecule has 9 nitrogen and oxygen atoms in total. The van der Waals surface area contributed by atoms with Crippen molar-refractivity contribution in [1.29, 1.82) is 0 Å². The molecule has 2 aromatic rings. The molecule has 10 heteroatoms. The zero-order valence-electron chi connectivity index (χ0n) is 19.2. The van der Waals surface area contributed by atoms with Crippen LogP contribution >= 0.6 is 11.6 Å². The molecule has 1 aliphatic carbocycles. The van der Waals surface area contributed by atoms with Gasteiger partial charge in [-0.1, -0.05) is 54.1 Å². The number of allylic oxidation sites excluding steroid dienone is 3. The highest BCUT2D eigenvalue weighted by atomic mass is 35.5. The fraction of sp³-hybridized carbons (Fsp3) is 0.231. The van der Waals surface area contributed by atoms with Gasteiger partial charge in [-0.05, 0) is 41.3 Å². The zero-order chi connectivity index (χ0) is 25.7. The van der Waals surface area contributed by atoms with Crippen LogP contribution in [0.15, 0.2) is 77.4 Å². The predicted octanol–water partition coefficient (Wildman–Crippen LogP) is 2.46. The first-order chi connectivity index (χ1) is 17.3. The number of nitrogens with one attached hydrogen (secondary N) is 2. The molecule has 2 aliphatic rings. The van der Waals surface area contributed by atoms with Crippen molar-refractivity contribution in [1.82, 2.24) is 15.8 Å². The normalized spacial score (nSPS) is 16.6. The number of aliphatic hydroxyl groups excluding tert-OH is 1. The van der Waals surface area contributed by atoms with Gasteiger partial charge in [-0.2, -0.15) is 0 Å². The van der Waals surface area contributed by atoms with Gasteiger partial charge in [0, 0.05) is 35.7 Å². The van der Waals surface area contributed by atoms with Crippen LogP contribution in [0.4, 0.5) is 0 Å². The van der Waals surface area contributed by atoms with Gasteiger partial charge in [-0.15, -0.1) is 0 Å². The lowest BCUT2D eigenvalue weighted by atomic mass is 9.98. The largest absolute Gasteiger partial charge is 0.479 e. The third kappa shape index (κ3) is 6.38. The predicted molar refractivity (Wildman–Crippen MR) is 135 cm³/mol. The van der Waals surface area contributed by atoms with E-state index in [0.717, 1.165) is 16.7 Å². The van der Waals surface area contributed by atoms with E-state index in [-0.39, 0.29) is 24.7 Å². The Balaban J connectivity index is 1.42. The van der Waals surface area contributed by atoms with Crippen LogP contribution in [0.25, 0.3) is 11.1 Å². The Morgan fingerprint density at radius 3 is 2.64 bits per heavy atom. The minimum absolute atomic E-state index is 0.0454. The van der Waals surface area contributed by atoms with Gasteiger partial charge in [0.05, 0.1) is 0 Å². The standard InChI is InChI=1S/C26H25ClN4O5/c27-19-4-1-3-18(12-19)17-9-7-16(8-10-17)11-20(13-23(33)26(35)36)29-25(34)24-28-15-31(30-24)21-5-2-6-22(32)14-21/h1-4,6-10,12,14,20,23,33H,5,11,13,15H2,(H,28,30)(H,29,34)(H,35,36)/t20-,23-/m1/s1. The minimum Gasteiger partial charge on any atom is -0.479 e. The second-order valence-electron chi connectivity index (χ2n) is 8.50. The number of amides is 1. The van der Waals surface area contributed by atoms with Gasteiger partial charge >= 0.3 is 5.97 Å². The highest BCUT2D eigenvalue weighted by molar-refractivity contribution is 6.38. The third-order valence-electron chi connectivity index (χ3n) is 5.81. The Morgan fingerprint density at radius 2 is 1.94 bits per heavy atom. The lowest BCUT2D eigenvalue weighted by molar-refractivity contribution is -0.147. The van der Waals surface area contributed by atoms with Gasteiger partial charge in [0.25, 0.3) is 5.91 Å². The van der Waals surface area contributed by atoms with Crippen LogP contribution < -0.4 is 10.7 Å². The first-order valence-electron chi connectivity index (χ1n) is 11.3. The summed E-state index contributed by atoms with van der Waals surface area (Å²) in [5.74, 6) is -1.99. The number of carboxylic acid groups (broad SMARTS) is 1. The maximum atomic E-state index is 12.9. The molecule has 4 N–H and O–H groups in total. The average Bonchev–Trinajstić information content (AvgIpc) is 3.35. The summed E-state index contributed by atoms with van der Waals surface area (Å²) in [5, 5.41) is 24.1. The van der Waals surface area contributed by atoms with Crippen molar-refractivity contribution < 1.29 is 24.6 Å². The molecule has 0 bridgehead atoms. The van der Waals surface area contributed by atoms with E-state index in [1.54, 1.807) is 17.2 Å². The minimum atomic E-state index is -1.64. The number of amidine groups is 1. The summed E-state index contributed by atoms with van der Waals surface area (Å²) < 4.78 is 0. The molecule has 186 valence electrons. The second-order valence-corrected chi connectivity index (χ2v) is 8.94. The number of carbonyl (C=O) groups excluding carboxylic acids is 2. The van der Waals surface area contributed by atoms with Crippen LogP contribution in [0.5, 0.6) is 0 Å². The highest BCUT2D eigenvalue weighted by Crippen LogP contribution is 2.23. The Kier molecular flexibility index (Phi) is 7.82. The van der Waals surface area contributed by atoms with Crippen LogP contribution in [0, 0.1) is 0 Å². The molecule has 0 fully saturated rings. The van der Waals surface area contributed by atoms with Crippen LogP contribution in [-0.4, -0.2) is 57.5 Å². The van der Waals surface area contributed by atoms with Gasteiger partial charge in [0.15, 0.2) is 11.9 Å². The molecular weight excluding hydrogens is 484 g/mol. The number of rotatable bonds is 9. The van der Waals surface area contributed by atoms with Crippen molar-refractivity contribution in [3.05, 3.63) is 83.0 Å². The maximum Gasteiger partial charge on any atom is 0.332 e. The maximum absolute atomic E-state index is 12.9. The number of hydrogen-bond donors (Lipinski definition) is 4. The van der Waals surface area contributed by atoms with Gasteiger partial charge in [0.1, 0.15) is 6.67 Å². The fourth-order valence-corrected chi connectivity index (χ4v) is 4.17. The first kappa shape index (κ1) is 25.2. The summed E-state index contributed by atoms with van der Waals surface area (Å²) in [6.07, 6.45) is 3.70. The number of ketones is 1. The molecular formula is C26H25ClN4O5. The van der Waals surface area contributed by atoms with Crippen LogP contribution in [0.1, 0.15) is 18.4 Å². The lowest BCUT2D eigenvalue weighted by Gasteiger charge is -2.23. The second kappa shape index (κ2) is 11.2. The number of carboxylic acids is 1. The number of hydrazine groups is 1. The smallest absolute Gasteiger partial charge is 0.332 e. The van der Waals surface area contributed by atoms with Crippen LogP contribution in [0.2, 0.25) is 5.02 Å². The Morgan fingerprint density at radius 1 is 1.17 bits per heavy atom. The number of nitrogens with zero attached hydrogens (tertiary/aromatic N) is 2. The Hall–Kier alpha value is -3.95. The van der Waals surface area contributed by atoms with Crippen molar-refractivity contribution in [3.8, 4) is 11.1 Å². The van der Waals surface area contributed by atoms with Gasteiger partial charge in [-0.25, -0.2) is 9.79 Å². The molecule has 0 saturated heterocycles. The molecule has 4 rings (SSSR count). The summed E-state index contributed by atoms with van der Waals surface area (Å²) in [6.45, 7) is 0.156. The van der Waals surface area contributed by atoms with Crippen molar-refractivity contribution >= 4 is 35.1 Å². The van der Waals surface area contributed by atoms with E-state index in [1.807, 2.05) is 42.5 Å². The highest BCUT2D eigenvalue weighted by Gasteiger charge is 2.27. The topological polar surface area (TPSA) is 131 Å². The van der Waals surface area contributed by atoms with E-state index in [4.69, 9.17) is 11.6 Å². The lowest BCUT2D eigenvalue weighted by Crippen LogP contribution is -2.48. The van der Waals surface area contributed by atoms with Gasteiger partial charge in [0.2, 0.25) is 5.84 Å². The summed E-state index contributed by atoms with van der Waals surface area (Å²) in [4.78, 5) is 40.0. The van der Waals surface area contributed by atoms with Gasteiger partial charge < -0.3 is 15.5 Å². The molecule has 0 aromatic heterocycles. The number of benzene rings is 2. The monoisotopic (exact) mass is 508 g/mol. The number of aliphatic imine (C=N–C) groups is 1. The van der Waals surface area contributed by atoms with E-state index in [9.17, 15) is 24.6 Å². The Bertz CT molecular complexity index is 1260. The fourth-order valence-electron chi connectivity index (χ4n) is 3.98. The van der Waals surface area contributed by atoms with Crippen LogP contribution in [-0.2, 0) is 20.8 Å². The van der Waals surface area contributed by atoms with Crippen molar-refractivity contribution in [2.75, 3.05) is 6.67 Å². The van der Waals surface area contributed by atoms with E-state index < -0.39 is 24.0 Å². The SMILES string of the molecule is O=C1C=CCC(N2CN=C(C(=O)N[C@H](Cc3ccc(-c4cccc(Cl)c4)cc3)C[C@@H](O)C(=O)O)N2)=C1. The first-order valence-corrected chi connectivity index (χ1v) is 11.7. The average molecular weight is 509 g/mol. The number of hydrogen-bond acceptors (Lipinski definition) is 7. The number of carbonyl (C=O) groups is 3. The molecule has 36 heavy (non-hydrogen) atoms. The Labute approximate surface area is 212 Å². The number of halogens is 1. The number of aliphatic carboxylic acids is 1. The molecule has 0 spiro atoms. The van der Waals surface area contributed by atoms with E-state index in [1.165, 1.54) is 12.2 Å². The molecule has 1 heterocycles. The molecule has 2 aromatic carbocycles. The van der Waals surface area contributed by atoms with E-state index in [2.05, 4.69) is 15.7 Å². The van der Waals surface area contributed by atoms with Crippen molar-refractivity contribution in [3.63, 3.8) is 0 Å². The third-order valence-corrected chi connectivity index (χ3v) is 6.05. The molecule has 0 unspecified atom stereocenters. The van der Waals surface area contributed by atoms with Gasteiger partial charge in [-0.3, -0.25) is 20.0 Å². The molecule has 0 saturated carbocycles. The summed E-state index contributed by atoms with van der Waals surface area (Å²) in [7, 11) is 0.